The lowest BCUT2D eigenvalue weighted by atomic mass is 10.0. The van der Waals surface area contributed by atoms with Crippen molar-refractivity contribution in [2.24, 2.45) is 5.73 Å². The first-order valence-electron chi connectivity index (χ1n) is 8.26. The van der Waals surface area contributed by atoms with E-state index >= 15 is 0 Å². The number of hydrogen-bond donors (Lipinski definition) is 2. The van der Waals surface area contributed by atoms with Gasteiger partial charge in [-0.15, -0.1) is 0 Å². The summed E-state index contributed by atoms with van der Waals surface area (Å²) in [5.41, 5.74) is 5.36. The number of nitrogens with zero attached hydrogens (tertiary/aromatic N) is 1. The monoisotopic (exact) mass is 381 g/mol. The molecule has 3 N–H and O–H groups in total. The molecule has 1 aromatic rings. The smallest absolute Gasteiger partial charge is 0.240 e. The third kappa shape index (κ3) is 4.68. The van der Waals surface area contributed by atoms with Crippen molar-refractivity contribution in [3.8, 4) is 5.75 Å². The highest BCUT2D eigenvalue weighted by atomic mass is 79.9. The van der Waals surface area contributed by atoms with Crippen molar-refractivity contribution in [2.45, 2.75) is 37.3 Å². The van der Waals surface area contributed by atoms with Crippen LogP contribution in [0.3, 0.4) is 0 Å². The fourth-order valence-electron chi connectivity index (χ4n) is 2.82. The summed E-state index contributed by atoms with van der Waals surface area (Å²) in [6.45, 7) is 3.58. The largest absolute Gasteiger partial charge is 0.492 e. The predicted molar refractivity (Wildman–Crippen MR) is 93.4 cm³/mol. The van der Waals surface area contributed by atoms with E-state index in [1.165, 1.54) is 0 Å². The molecule has 1 heterocycles. The number of likely N-dealkylation sites (tertiary alicyclic amines) is 1. The molecular weight excluding hydrogens is 358 g/mol. The Labute approximate surface area is 145 Å². The van der Waals surface area contributed by atoms with Crippen LogP contribution in [0.25, 0.3) is 0 Å². The summed E-state index contributed by atoms with van der Waals surface area (Å²) >= 11 is 3.41. The first-order valence-corrected chi connectivity index (χ1v) is 9.05. The van der Waals surface area contributed by atoms with Gasteiger partial charge in [-0.1, -0.05) is 15.9 Å². The van der Waals surface area contributed by atoms with Crippen molar-refractivity contribution >= 4 is 21.8 Å². The first kappa shape index (κ1) is 16.7. The van der Waals surface area contributed by atoms with Gasteiger partial charge in [0, 0.05) is 30.1 Å². The fourth-order valence-corrected chi connectivity index (χ4v) is 3.08. The zero-order valence-electron chi connectivity index (χ0n) is 13.3. The Morgan fingerprint density at radius 3 is 2.57 bits per heavy atom. The minimum atomic E-state index is -0.560. The van der Waals surface area contributed by atoms with E-state index in [0.717, 1.165) is 55.5 Å². The molecule has 1 amide bonds. The summed E-state index contributed by atoms with van der Waals surface area (Å²) in [7, 11) is 0. The molecule has 0 radical (unpaired) electrons. The topological polar surface area (TPSA) is 67.6 Å². The maximum absolute atomic E-state index is 12.0. The molecule has 0 aromatic heterocycles. The lowest BCUT2D eigenvalue weighted by molar-refractivity contribution is -0.124. The van der Waals surface area contributed by atoms with Gasteiger partial charge in [0.05, 0.1) is 5.54 Å². The Bertz CT molecular complexity index is 537. The number of piperidine rings is 1. The van der Waals surface area contributed by atoms with Gasteiger partial charge < -0.3 is 15.8 Å². The van der Waals surface area contributed by atoms with Crippen LogP contribution in [0.15, 0.2) is 28.7 Å². The second kappa shape index (κ2) is 7.20. The lowest BCUT2D eigenvalue weighted by Crippen LogP contribution is -2.51. The molecule has 2 fully saturated rings. The van der Waals surface area contributed by atoms with Gasteiger partial charge in [-0.25, -0.2) is 0 Å². The second-order valence-corrected chi connectivity index (χ2v) is 7.46. The molecule has 0 atom stereocenters. The summed E-state index contributed by atoms with van der Waals surface area (Å²) < 4.78 is 6.81. The van der Waals surface area contributed by atoms with Crippen LogP contribution in [-0.2, 0) is 4.79 Å². The van der Waals surface area contributed by atoms with Crippen molar-refractivity contribution in [1.29, 1.82) is 0 Å². The highest BCUT2D eigenvalue weighted by Crippen LogP contribution is 2.32. The van der Waals surface area contributed by atoms with E-state index in [-0.39, 0.29) is 11.9 Å². The van der Waals surface area contributed by atoms with E-state index in [1.54, 1.807) is 0 Å². The molecule has 1 aliphatic heterocycles. The number of carbonyl (C=O) groups is 1. The van der Waals surface area contributed by atoms with Crippen molar-refractivity contribution < 1.29 is 9.53 Å². The van der Waals surface area contributed by atoms with Gasteiger partial charge in [-0.05, 0) is 49.9 Å². The number of nitrogens with one attached hydrogen (secondary N) is 1. The average molecular weight is 382 g/mol. The summed E-state index contributed by atoms with van der Waals surface area (Å²) in [5.74, 6) is 0.933. The standard InChI is InChI=1S/C17H24BrN3O2/c18-13-1-3-15(4-2-13)23-12-11-21-9-5-14(6-10-21)20-16(22)17(19)7-8-17/h1-4,14H,5-12,19H2,(H,20,22). The highest BCUT2D eigenvalue weighted by molar-refractivity contribution is 9.10. The van der Waals surface area contributed by atoms with Crippen LogP contribution in [-0.4, -0.2) is 48.6 Å². The SMILES string of the molecule is NC1(C(=O)NC2CCN(CCOc3ccc(Br)cc3)CC2)CC1. The minimum Gasteiger partial charge on any atom is -0.492 e. The van der Waals surface area contributed by atoms with Gasteiger partial charge in [-0.3, -0.25) is 9.69 Å². The van der Waals surface area contributed by atoms with Crippen LogP contribution in [0.4, 0.5) is 0 Å². The van der Waals surface area contributed by atoms with Crippen molar-refractivity contribution in [3.05, 3.63) is 28.7 Å². The molecule has 1 aromatic carbocycles. The third-order valence-corrected chi connectivity index (χ3v) is 5.18. The molecule has 1 saturated carbocycles. The van der Waals surface area contributed by atoms with Crippen LogP contribution in [0.1, 0.15) is 25.7 Å². The molecular formula is C17H24BrN3O2. The number of carbonyl (C=O) groups excluding carboxylic acids is 1. The second-order valence-electron chi connectivity index (χ2n) is 6.55. The zero-order valence-corrected chi connectivity index (χ0v) is 14.8. The van der Waals surface area contributed by atoms with Crippen molar-refractivity contribution in [2.75, 3.05) is 26.2 Å². The highest BCUT2D eigenvalue weighted by Gasteiger charge is 2.46. The van der Waals surface area contributed by atoms with Gasteiger partial charge in [-0.2, -0.15) is 0 Å². The molecule has 5 nitrogen and oxygen atoms in total. The average Bonchev–Trinajstić information content (AvgIpc) is 3.30. The van der Waals surface area contributed by atoms with Gasteiger partial charge in [0.2, 0.25) is 5.91 Å². The number of nitrogens with two attached hydrogens (primary N) is 1. The molecule has 6 heteroatoms. The molecule has 2 aliphatic rings. The van der Waals surface area contributed by atoms with E-state index in [2.05, 4.69) is 26.1 Å². The Morgan fingerprint density at radius 2 is 1.96 bits per heavy atom. The molecule has 3 rings (SSSR count). The normalized spacial score (nSPS) is 21.0. The van der Waals surface area contributed by atoms with E-state index in [4.69, 9.17) is 10.5 Å². The molecule has 126 valence electrons. The van der Waals surface area contributed by atoms with Crippen molar-refractivity contribution in [3.63, 3.8) is 0 Å². The van der Waals surface area contributed by atoms with E-state index in [0.29, 0.717) is 6.61 Å². The number of halogens is 1. The van der Waals surface area contributed by atoms with E-state index in [1.807, 2.05) is 24.3 Å². The van der Waals surface area contributed by atoms with E-state index in [9.17, 15) is 4.79 Å². The third-order valence-electron chi connectivity index (χ3n) is 4.65. The van der Waals surface area contributed by atoms with Crippen LogP contribution < -0.4 is 15.8 Å². The summed E-state index contributed by atoms with van der Waals surface area (Å²) in [6.07, 6.45) is 3.62. The van der Waals surface area contributed by atoms with Gasteiger partial charge in [0.1, 0.15) is 12.4 Å². The zero-order chi connectivity index (χ0) is 16.3. The summed E-state index contributed by atoms with van der Waals surface area (Å²) in [6, 6.07) is 8.16. The van der Waals surface area contributed by atoms with E-state index < -0.39 is 5.54 Å². The Morgan fingerprint density at radius 1 is 1.30 bits per heavy atom. The Balaban J connectivity index is 1.33. The number of amides is 1. The lowest BCUT2D eigenvalue weighted by Gasteiger charge is -2.32. The summed E-state index contributed by atoms with van der Waals surface area (Å²) in [4.78, 5) is 14.3. The van der Waals surface area contributed by atoms with Crippen molar-refractivity contribution in [1.82, 2.24) is 10.2 Å². The molecule has 1 saturated heterocycles. The maximum Gasteiger partial charge on any atom is 0.240 e. The predicted octanol–water partition coefficient (Wildman–Crippen LogP) is 1.90. The van der Waals surface area contributed by atoms with Gasteiger partial charge >= 0.3 is 0 Å². The minimum absolute atomic E-state index is 0.0366. The molecule has 0 unspecified atom stereocenters. The van der Waals surface area contributed by atoms with Crippen LogP contribution in [0.2, 0.25) is 0 Å². The first-order chi connectivity index (χ1) is 11.0. The number of rotatable bonds is 6. The van der Waals surface area contributed by atoms with Gasteiger partial charge in [0.25, 0.3) is 0 Å². The number of hydrogen-bond acceptors (Lipinski definition) is 4. The Hall–Kier alpha value is -1.11. The van der Waals surface area contributed by atoms with Crippen LogP contribution in [0, 0.1) is 0 Å². The maximum atomic E-state index is 12.0. The van der Waals surface area contributed by atoms with Gasteiger partial charge in [0.15, 0.2) is 0 Å². The molecule has 0 bridgehead atoms. The quantitative estimate of drug-likeness (QED) is 0.789. The van der Waals surface area contributed by atoms with Crippen LogP contribution >= 0.6 is 15.9 Å². The fraction of sp³-hybridized carbons (Fsp3) is 0.588. The van der Waals surface area contributed by atoms with Crippen LogP contribution in [0.5, 0.6) is 5.75 Å². The number of benzene rings is 1. The number of ether oxygens (including phenoxy) is 1. The molecule has 1 aliphatic carbocycles. The summed E-state index contributed by atoms with van der Waals surface area (Å²) in [5, 5.41) is 3.10. The Kier molecular flexibility index (Phi) is 5.24. The molecule has 0 spiro atoms. The molecule has 23 heavy (non-hydrogen) atoms.